The molecule has 0 aliphatic carbocycles. The van der Waals surface area contributed by atoms with Gasteiger partial charge >= 0.3 is 0 Å². The van der Waals surface area contributed by atoms with E-state index in [2.05, 4.69) is 57.8 Å². The summed E-state index contributed by atoms with van der Waals surface area (Å²) in [7, 11) is 2.19. The highest BCUT2D eigenvalue weighted by molar-refractivity contribution is 7.15. The molecule has 3 aromatic heterocycles. The maximum absolute atomic E-state index is 4.86. The van der Waals surface area contributed by atoms with Crippen LogP contribution in [0.1, 0.15) is 17.0 Å². The van der Waals surface area contributed by atoms with Crippen LogP contribution in [-0.4, -0.2) is 71.1 Å². The van der Waals surface area contributed by atoms with Gasteiger partial charge in [0.15, 0.2) is 0 Å². The summed E-state index contributed by atoms with van der Waals surface area (Å²) in [4.78, 5) is 20.3. The molecule has 3 aromatic rings. The highest BCUT2D eigenvalue weighted by Crippen LogP contribution is 2.35. The molecule has 0 atom stereocenters. The third-order valence-corrected chi connectivity index (χ3v) is 7.14. The Bertz CT molecular complexity index is 909. The number of aryl methyl sites for hydroxylation is 2. The quantitative estimate of drug-likeness (QED) is 0.574. The molecule has 1 saturated heterocycles. The zero-order valence-electron chi connectivity index (χ0n) is 17.3. The van der Waals surface area contributed by atoms with Crippen LogP contribution in [0, 0.1) is 13.8 Å². The SMILES string of the molecule is Cc1nc(-c2nc(NCCCN3CCN(C)CC3)ncc2-c2ccsc2)sc1C. The fourth-order valence-electron chi connectivity index (χ4n) is 3.41. The number of thiazole rings is 1. The van der Waals surface area contributed by atoms with Crippen LogP contribution in [0.15, 0.2) is 23.0 Å². The van der Waals surface area contributed by atoms with Gasteiger partial charge in [0.25, 0.3) is 0 Å². The summed E-state index contributed by atoms with van der Waals surface area (Å²) >= 11 is 3.38. The predicted molar refractivity (Wildman–Crippen MR) is 123 cm³/mol. The molecule has 0 saturated carbocycles. The number of nitrogens with zero attached hydrogens (tertiary/aromatic N) is 5. The summed E-state index contributed by atoms with van der Waals surface area (Å²) in [5.41, 5.74) is 4.18. The molecular formula is C21H28N6S2. The molecule has 8 heteroatoms. The Labute approximate surface area is 180 Å². The van der Waals surface area contributed by atoms with E-state index in [4.69, 9.17) is 9.97 Å². The second-order valence-corrected chi connectivity index (χ2v) is 9.54. The predicted octanol–water partition coefficient (Wildman–Crippen LogP) is 3.99. The molecule has 0 amide bonds. The van der Waals surface area contributed by atoms with Crippen LogP contribution < -0.4 is 5.32 Å². The molecule has 0 radical (unpaired) electrons. The Balaban J connectivity index is 1.45. The first kappa shape index (κ1) is 20.4. The van der Waals surface area contributed by atoms with Gasteiger partial charge in [-0.05, 0) is 56.3 Å². The Hall–Kier alpha value is -1.87. The minimum atomic E-state index is 0.683. The van der Waals surface area contributed by atoms with Crippen molar-refractivity contribution < 1.29 is 0 Å². The maximum atomic E-state index is 4.86. The van der Waals surface area contributed by atoms with Crippen LogP contribution in [0.3, 0.4) is 0 Å². The monoisotopic (exact) mass is 428 g/mol. The number of nitrogens with one attached hydrogen (secondary N) is 1. The Morgan fingerprint density at radius 1 is 1.14 bits per heavy atom. The molecule has 4 heterocycles. The van der Waals surface area contributed by atoms with Gasteiger partial charge in [0.2, 0.25) is 5.95 Å². The molecule has 6 nitrogen and oxygen atoms in total. The lowest BCUT2D eigenvalue weighted by molar-refractivity contribution is 0.154. The highest BCUT2D eigenvalue weighted by atomic mass is 32.1. The maximum Gasteiger partial charge on any atom is 0.223 e. The summed E-state index contributed by atoms with van der Waals surface area (Å²) in [5.74, 6) is 0.683. The van der Waals surface area contributed by atoms with Gasteiger partial charge < -0.3 is 15.1 Å². The van der Waals surface area contributed by atoms with E-state index in [9.17, 15) is 0 Å². The van der Waals surface area contributed by atoms with E-state index in [1.54, 1.807) is 22.7 Å². The van der Waals surface area contributed by atoms with E-state index in [1.165, 1.54) is 4.88 Å². The Kier molecular flexibility index (Phi) is 6.54. The van der Waals surface area contributed by atoms with E-state index >= 15 is 0 Å². The van der Waals surface area contributed by atoms with Gasteiger partial charge in [-0.2, -0.15) is 11.3 Å². The lowest BCUT2D eigenvalue weighted by atomic mass is 10.1. The number of piperazine rings is 1. The van der Waals surface area contributed by atoms with E-state index in [1.807, 2.05) is 6.20 Å². The minimum Gasteiger partial charge on any atom is -0.354 e. The molecule has 1 fully saturated rings. The number of rotatable bonds is 7. The number of hydrogen-bond acceptors (Lipinski definition) is 8. The van der Waals surface area contributed by atoms with Crippen molar-refractivity contribution in [1.82, 2.24) is 24.8 Å². The summed E-state index contributed by atoms with van der Waals surface area (Å²) < 4.78 is 0. The van der Waals surface area contributed by atoms with Gasteiger partial charge in [-0.15, -0.1) is 11.3 Å². The molecule has 0 spiro atoms. The molecule has 154 valence electrons. The van der Waals surface area contributed by atoms with Crippen LogP contribution in [0.2, 0.25) is 0 Å². The zero-order chi connectivity index (χ0) is 20.2. The number of anilines is 1. The molecule has 29 heavy (non-hydrogen) atoms. The number of thiophene rings is 1. The third-order valence-electron chi connectivity index (χ3n) is 5.38. The van der Waals surface area contributed by atoms with Crippen molar-refractivity contribution in [3.8, 4) is 21.8 Å². The molecule has 4 rings (SSSR count). The lowest BCUT2D eigenvalue weighted by Crippen LogP contribution is -2.44. The normalized spacial score (nSPS) is 15.7. The van der Waals surface area contributed by atoms with Gasteiger partial charge in [0.05, 0.1) is 5.69 Å². The molecule has 0 bridgehead atoms. The average molecular weight is 429 g/mol. The van der Waals surface area contributed by atoms with Gasteiger partial charge in [-0.25, -0.2) is 15.0 Å². The fourth-order valence-corrected chi connectivity index (χ4v) is 4.98. The fraction of sp³-hybridized carbons (Fsp3) is 0.476. The number of aromatic nitrogens is 3. The molecular weight excluding hydrogens is 400 g/mol. The van der Waals surface area contributed by atoms with Crippen LogP contribution in [0.5, 0.6) is 0 Å². The molecule has 1 aliphatic rings. The second kappa shape index (κ2) is 9.30. The van der Waals surface area contributed by atoms with Gasteiger partial charge in [-0.3, -0.25) is 0 Å². The molecule has 1 N–H and O–H groups in total. The van der Waals surface area contributed by atoms with Crippen molar-refractivity contribution in [2.45, 2.75) is 20.3 Å². The van der Waals surface area contributed by atoms with E-state index < -0.39 is 0 Å². The summed E-state index contributed by atoms with van der Waals surface area (Å²) in [6.45, 7) is 10.8. The molecule has 1 aliphatic heterocycles. The van der Waals surface area contributed by atoms with Crippen molar-refractivity contribution in [2.75, 3.05) is 51.6 Å². The molecule has 0 unspecified atom stereocenters. The van der Waals surface area contributed by atoms with Crippen molar-refractivity contribution in [3.63, 3.8) is 0 Å². The summed E-state index contributed by atoms with van der Waals surface area (Å²) in [6.07, 6.45) is 3.02. The van der Waals surface area contributed by atoms with Gasteiger partial charge in [-0.1, -0.05) is 0 Å². The Morgan fingerprint density at radius 3 is 2.66 bits per heavy atom. The van der Waals surface area contributed by atoms with Crippen molar-refractivity contribution >= 4 is 28.6 Å². The van der Waals surface area contributed by atoms with Crippen LogP contribution in [0.4, 0.5) is 5.95 Å². The standard InChI is InChI=1S/C21H28N6S2/c1-15-16(2)29-20(24-15)19-18(17-5-12-28-14-17)13-23-21(25-19)22-6-4-7-27-10-8-26(3)9-11-27/h5,12-14H,4,6-11H2,1-3H3,(H,22,23,25). The number of likely N-dealkylation sites (N-methyl/N-ethyl adjacent to an activating group) is 1. The topological polar surface area (TPSA) is 57.2 Å². The van der Waals surface area contributed by atoms with Crippen LogP contribution in [0.25, 0.3) is 21.8 Å². The summed E-state index contributed by atoms with van der Waals surface area (Å²) in [6, 6.07) is 2.11. The third kappa shape index (κ3) is 5.01. The summed E-state index contributed by atoms with van der Waals surface area (Å²) in [5, 5.41) is 8.60. The first-order chi connectivity index (χ1) is 14.1. The highest BCUT2D eigenvalue weighted by Gasteiger charge is 2.17. The van der Waals surface area contributed by atoms with Crippen molar-refractivity contribution in [1.29, 1.82) is 0 Å². The first-order valence-corrected chi connectivity index (χ1v) is 11.8. The molecule has 0 aromatic carbocycles. The minimum absolute atomic E-state index is 0.683. The van der Waals surface area contributed by atoms with Crippen molar-refractivity contribution in [2.24, 2.45) is 0 Å². The van der Waals surface area contributed by atoms with Gasteiger partial charge in [0, 0.05) is 49.4 Å². The zero-order valence-corrected chi connectivity index (χ0v) is 18.9. The first-order valence-electron chi connectivity index (χ1n) is 10.1. The van der Waals surface area contributed by atoms with E-state index in [0.29, 0.717) is 5.95 Å². The largest absolute Gasteiger partial charge is 0.354 e. The van der Waals surface area contributed by atoms with Crippen LogP contribution in [-0.2, 0) is 0 Å². The second-order valence-electron chi connectivity index (χ2n) is 7.55. The smallest absolute Gasteiger partial charge is 0.223 e. The average Bonchev–Trinajstić information content (AvgIpc) is 3.37. The van der Waals surface area contributed by atoms with E-state index in [0.717, 1.165) is 73.2 Å². The van der Waals surface area contributed by atoms with Crippen LogP contribution >= 0.6 is 22.7 Å². The van der Waals surface area contributed by atoms with Gasteiger partial charge in [0.1, 0.15) is 10.7 Å². The Morgan fingerprint density at radius 2 is 1.97 bits per heavy atom. The van der Waals surface area contributed by atoms with Crippen molar-refractivity contribution in [3.05, 3.63) is 33.6 Å². The number of hydrogen-bond donors (Lipinski definition) is 1. The van der Waals surface area contributed by atoms with E-state index in [-0.39, 0.29) is 0 Å². The lowest BCUT2D eigenvalue weighted by Gasteiger charge is -2.32.